The van der Waals surface area contributed by atoms with Crippen molar-refractivity contribution in [1.29, 1.82) is 0 Å². The van der Waals surface area contributed by atoms with E-state index in [2.05, 4.69) is 5.32 Å². The van der Waals surface area contributed by atoms with Crippen molar-refractivity contribution in [3.63, 3.8) is 0 Å². The lowest BCUT2D eigenvalue weighted by Gasteiger charge is -2.32. The van der Waals surface area contributed by atoms with Crippen LogP contribution in [0.3, 0.4) is 0 Å². The average Bonchev–Trinajstić information content (AvgIpc) is 2.52. The summed E-state index contributed by atoms with van der Waals surface area (Å²) < 4.78 is 10.2. The standard InChI is InChI=1S/C15H19N3O4/c1-4-22-14(19)12-9(2)18(16)15(20)17-13(12)10-5-7-11(21-3)8-6-10/h5-8,13H,4,16H2,1-3H3,(H,17,20)/t13-/m1/s1. The summed E-state index contributed by atoms with van der Waals surface area (Å²) in [5.41, 5.74) is 1.42. The number of hydrazine groups is 1. The van der Waals surface area contributed by atoms with E-state index in [1.807, 2.05) is 0 Å². The lowest BCUT2D eigenvalue weighted by atomic mass is 9.95. The van der Waals surface area contributed by atoms with E-state index in [-0.39, 0.29) is 6.61 Å². The maximum atomic E-state index is 12.2. The minimum absolute atomic E-state index is 0.240. The molecular weight excluding hydrogens is 286 g/mol. The van der Waals surface area contributed by atoms with Gasteiger partial charge in [0, 0.05) is 5.70 Å². The quantitative estimate of drug-likeness (QED) is 0.499. The number of nitrogens with one attached hydrogen (secondary N) is 1. The molecule has 0 radical (unpaired) electrons. The zero-order chi connectivity index (χ0) is 16.3. The van der Waals surface area contributed by atoms with Gasteiger partial charge in [0.1, 0.15) is 5.75 Å². The molecule has 1 aromatic rings. The molecule has 22 heavy (non-hydrogen) atoms. The van der Waals surface area contributed by atoms with Gasteiger partial charge in [-0.15, -0.1) is 0 Å². The van der Waals surface area contributed by atoms with Crippen LogP contribution in [0.2, 0.25) is 0 Å². The number of nitrogens with zero attached hydrogens (tertiary/aromatic N) is 1. The summed E-state index contributed by atoms with van der Waals surface area (Å²) in [7, 11) is 1.57. The Morgan fingerprint density at radius 1 is 1.36 bits per heavy atom. The second-order valence-corrected chi connectivity index (χ2v) is 4.75. The van der Waals surface area contributed by atoms with E-state index < -0.39 is 18.0 Å². The number of benzene rings is 1. The van der Waals surface area contributed by atoms with Crippen LogP contribution in [0.15, 0.2) is 35.5 Å². The Hall–Kier alpha value is -2.54. The number of nitrogens with two attached hydrogens (primary N) is 1. The maximum Gasteiger partial charge on any atom is 0.338 e. The fourth-order valence-electron chi connectivity index (χ4n) is 2.28. The molecule has 1 atom stereocenters. The smallest absolute Gasteiger partial charge is 0.338 e. The molecule has 1 aromatic carbocycles. The Labute approximate surface area is 128 Å². The Bertz CT molecular complexity index is 610. The van der Waals surface area contributed by atoms with Crippen LogP contribution in [0.4, 0.5) is 4.79 Å². The molecule has 7 nitrogen and oxygen atoms in total. The first-order chi connectivity index (χ1) is 10.5. The van der Waals surface area contributed by atoms with Crippen LogP contribution in [-0.2, 0) is 9.53 Å². The Morgan fingerprint density at radius 2 is 2.00 bits per heavy atom. The second kappa shape index (κ2) is 6.48. The zero-order valence-electron chi connectivity index (χ0n) is 12.8. The van der Waals surface area contributed by atoms with E-state index in [9.17, 15) is 9.59 Å². The number of hydrogen-bond acceptors (Lipinski definition) is 5. The van der Waals surface area contributed by atoms with Crippen LogP contribution in [0.5, 0.6) is 5.75 Å². The Balaban J connectivity index is 2.45. The molecular formula is C15H19N3O4. The number of rotatable bonds is 4. The van der Waals surface area contributed by atoms with Gasteiger partial charge in [-0.25, -0.2) is 20.4 Å². The van der Waals surface area contributed by atoms with Crippen molar-refractivity contribution in [2.24, 2.45) is 5.84 Å². The van der Waals surface area contributed by atoms with E-state index in [0.29, 0.717) is 17.0 Å². The first-order valence-corrected chi connectivity index (χ1v) is 6.86. The van der Waals surface area contributed by atoms with Gasteiger partial charge in [-0.05, 0) is 31.5 Å². The van der Waals surface area contributed by atoms with Gasteiger partial charge in [0.2, 0.25) is 0 Å². The largest absolute Gasteiger partial charge is 0.497 e. The number of methoxy groups -OCH3 is 1. The van der Waals surface area contributed by atoms with E-state index >= 15 is 0 Å². The summed E-state index contributed by atoms with van der Waals surface area (Å²) in [6, 6.07) is 5.98. The van der Waals surface area contributed by atoms with Gasteiger partial charge in [0.25, 0.3) is 0 Å². The number of carbonyl (C=O) groups is 2. The summed E-state index contributed by atoms with van der Waals surface area (Å²) in [5.74, 6) is 5.85. The SMILES string of the molecule is CCOC(=O)C1=C(C)N(N)C(=O)N[C@@H]1c1ccc(OC)cc1. The molecule has 1 heterocycles. The van der Waals surface area contributed by atoms with Crippen LogP contribution in [-0.4, -0.2) is 30.7 Å². The molecule has 0 saturated heterocycles. The van der Waals surface area contributed by atoms with E-state index in [1.165, 1.54) is 0 Å². The van der Waals surface area contributed by atoms with Crippen LogP contribution < -0.4 is 15.9 Å². The summed E-state index contributed by atoms with van der Waals surface area (Å²) in [4.78, 5) is 24.1. The summed E-state index contributed by atoms with van der Waals surface area (Å²) in [6.45, 7) is 3.57. The third-order valence-electron chi connectivity index (χ3n) is 3.47. The van der Waals surface area contributed by atoms with Gasteiger partial charge in [-0.1, -0.05) is 12.1 Å². The zero-order valence-corrected chi connectivity index (χ0v) is 12.8. The summed E-state index contributed by atoms with van der Waals surface area (Å²) >= 11 is 0. The molecule has 0 fully saturated rings. The van der Waals surface area contributed by atoms with E-state index in [0.717, 1.165) is 10.6 Å². The lowest BCUT2D eigenvalue weighted by molar-refractivity contribution is -0.139. The molecule has 2 rings (SSSR count). The molecule has 118 valence electrons. The first kappa shape index (κ1) is 15.8. The van der Waals surface area contributed by atoms with Crippen molar-refractivity contribution in [2.45, 2.75) is 19.9 Å². The van der Waals surface area contributed by atoms with Crippen LogP contribution in [0, 0.1) is 0 Å². The van der Waals surface area contributed by atoms with Gasteiger partial charge >= 0.3 is 12.0 Å². The summed E-state index contributed by atoms with van der Waals surface area (Å²) in [5, 5.41) is 3.61. The fourth-order valence-corrected chi connectivity index (χ4v) is 2.28. The van der Waals surface area contributed by atoms with Crippen molar-refractivity contribution in [3.8, 4) is 5.75 Å². The molecule has 3 N–H and O–H groups in total. The van der Waals surface area contributed by atoms with Crippen molar-refractivity contribution in [1.82, 2.24) is 10.3 Å². The number of hydrogen-bond donors (Lipinski definition) is 2. The molecule has 0 spiro atoms. The van der Waals surface area contributed by atoms with E-state index in [1.54, 1.807) is 45.2 Å². The van der Waals surface area contributed by atoms with Crippen LogP contribution in [0.1, 0.15) is 25.5 Å². The number of ether oxygens (including phenoxy) is 2. The Morgan fingerprint density at radius 3 is 2.55 bits per heavy atom. The monoisotopic (exact) mass is 305 g/mol. The highest BCUT2D eigenvalue weighted by Crippen LogP contribution is 2.30. The predicted molar refractivity (Wildman–Crippen MR) is 79.6 cm³/mol. The van der Waals surface area contributed by atoms with E-state index in [4.69, 9.17) is 15.3 Å². The van der Waals surface area contributed by atoms with Crippen molar-refractivity contribution < 1.29 is 19.1 Å². The van der Waals surface area contributed by atoms with Gasteiger partial charge in [0.05, 0.1) is 25.3 Å². The second-order valence-electron chi connectivity index (χ2n) is 4.75. The Kier molecular flexibility index (Phi) is 4.67. The van der Waals surface area contributed by atoms with Crippen molar-refractivity contribution in [3.05, 3.63) is 41.1 Å². The van der Waals surface area contributed by atoms with Gasteiger partial charge in [-0.3, -0.25) is 0 Å². The third kappa shape index (κ3) is 2.89. The predicted octanol–water partition coefficient (Wildman–Crippen LogP) is 1.47. The van der Waals surface area contributed by atoms with Crippen molar-refractivity contribution in [2.75, 3.05) is 13.7 Å². The summed E-state index contributed by atoms with van der Waals surface area (Å²) in [6.07, 6.45) is 0. The number of esters is 1. The van der Waals surface area contributed by atoms with Crippen LogP contribution >= 0.6 is 0 Å². The lowest BCUT2D eigenvalue weighted by Crippen LogP contribution is -2.51. The molecule has 0 saturated carbocycles. The molecule has 1 aliphatic rings. The number of amides is 2. The topological polar surface area (TPSA) is 93.9 Å². The molecule has 0 unspecified atom stereocenters. The highest BCUT2D eigenvalue weighted by Gasteiger charge is 2.35. The molecule has 1 aliphatic heterocycles. The minimum atomic E-state index is -0.614. The highest BCUT2D eigenvalue weighted by molar-refractivity contribution is 5.94. The number of allylic oxidation sites excluding steroid dienone is 1. The fraction of sp³-hybridized carbons (Fsp3) is 0.333. The maximum absolute atomic E-state index is 12.2. The van der Waals surface area contributed by atoms with Gasteiger partial charge in [-0.2, -0.15) is 0 Å². The minimum Gasteiger partial charge on any atom is -0.497 e. The first-order valence-electron chi connectivity index (χ1n) is 6.86. The van der Waals surface area contributed by atoms with Gasteiger partial charge < -0.3 is 14.8 Å². The number of urea groups is 1. The average molecular weight is 305 g/mol. The number of carbonyl (C=O) groups excluding carboxylic acids is 2. The molecule has 2 amide bonds. The molecule has 0 bridgehead atoms. The van der Waals surface area contributed by atoms with Crippen molar-refractivity contribution >= 4 is 12.0 Å². The molecule has 7 heteroatoms. The third-order valence-corrected chi connectivity index (χ3v) is 3.47. The van der Waals surface area contributed by atoms with Crippen LogP contribution in [0.25, 0.3) is 0 Å². The van der Waals surface area contributed by atoms with Gasteiger partial charge in [0.15, 0.2) is 0 Å². The molecule has 0 aromatic heterocycles. The molecule has 0 aliphatic carbocycles. The normalized spacial score (nSPS) is 18.1. The highest BCUT2D eigenvalue weighted by atomic mass is 16.5.